The Morgan fingerprint density at radius 3 is 2.41 bits per heavy atom. The summed E-state index contributed by atoms with van der Waals surface area (Å²) in [5.41, 5.74) is 1.96. The van der Waals surface area contributed by atoms with Gasteiger partial charge in [0.05, 0.1) is 11.8 Å². The number of nitrogens with one attached hydrogen (secondary N) is 1. The highest BCUT2D eigenvalue weighted by Gasteiger charge is 2.17. The molecule has 0 unspecified atom stereocenters. The molecule has 1 aromatic heterocycles. The second-order valence-corrected chi connectivity index (χ2v) is 7.87. The molecule has 1 N–H and O–H groups in total. The molecule has 0 spiro atoms. The summed E-state index contributed by atoms with van der Waals surface area (Å²) >= 11 is 0. The van der Waals surface area contributed by atoms with Crippen LogP contribution in [0.2, 0.25) is 0 Å². The van der Waals surface area contributed by atoms with Crippen LogP contribution in [0.3, 0.4) is 0 Å². The average Bonchev–Trinajstić information content (AvgIpc) is 2.96. The van der Waals surface area contributed by atoms with Gasteiger partial charge in [-0.15, -0.1) is 0 Å². The second kappa shape index (κ2) is 7.24. The fraction of sp³-hybridized carbons (Fsp3) is 0.158. The van der Waals surface area contributed by atoms with Crippen LogP contribution >= 0.6 is 0 Å². The molecule has 0 aliphatic carbocycles. The third kappa shape index (κ3) is 4.35. The number of anilines is 1. The minimum atomic E-state index is -3.38. The largest absolute Gasteiger partial charge is 0.454 e. The normalized spacial score (nSPS) is 11.3. The fourth-order valence-corrected chi connectivity index (χ4v) is 3.30. The number of esters is 1. The molecule has 1 heterocycles. The van der Waals surface area contributed by atoms with E-state index >= 15 is 0 Å². The molecule has 0 fully saturated rings. The summed E-state index contributed by atoms with van der Waals surface area (Å²) < 4.78 is 31.7. The Morgan fingerprint density at radius 2 is 1.74 bits per heavy atom. The van der Waals surface area contributed by atoms with E-state index in [1.165, 1.54) is 24.3 Å². The van der Waals surface area contributed by atoms with Gasteiger partial charge in [0.15, 0.2) is 12.4 Å². The number of fused-ring (bicyclic) bond motifs is 1. The van der Waals surface area contributed by atoms with Gasteiger partial charge in [0.2, 0.25) is 10.0 Å². The molecule has 0 saturated carbocycles. The molecule has 0 atom stereocenters. The van der Waals surface area contributed by atoms with Crippen LogP contribution in [-0.4, -0.2) is 37.6 Å². The monoisotopic (exact) mass is 386 g/mol. The molecule has 3 aromatic rings. The van der Waals surface area contributed by atoms with E-state index in [9.17, 15) is 18.0 Å². The molecule has 0 aliphatic rings. The van der Waals surface area contributed by atoms with Gasteiger partial charge >= 0.3 is 5.97 Å². The van der Waals surface area contributed by atoms with E-state index in [0.29, 0.717) is 16.8 Å². The van der Waals surface area contributed by atoms with Crippen molar-refractivity contribution in [3.05, 3.63) is 65.9 Å². The standard InChI is InChI=1S/C19H18N2O5S/c1-21-11-16(15-5-3-4-6-17(15)21)19(23)26-12-18(22)13-7-9-14(10-8-13)20-27(2,24)25/h3-11,20H,12H2,1-2H3. The number of carbonyl (C=O) groups excluding carboxylic acids is 2. The molecule has 27 heavy (non-hydrogen) atoms. The Kier molecular flexibility index (Phi) is 5.00. The van der Waals surface area contributed by atoms with E-state index in [1.807, 2.05) is 35.9 Å². The highest BCUT2D eigenvalue weighted by Crippen LogP contribution is 2.21. The maximum atomic E-state index is 12.4. The van der Waals surface area contributed by atoms with Crippen LogP contribution < -0.4 is 4.72 Å². The number of Topliss-reactive ketones (excluding diaryl/α,β-unsaturated/α-hetero) is 1. The number of aryl methyl sites for hydroxylation is 1. The van der Waals surface area contributed by atoms with Gasteiger partial charge in [0.25, 0.3) is 0 Å². The number of ether oxygens (including phenoxy) is 1. The van der Waals surface area contributed by atoms with Crippen LogP contribution in [0.15, 0.2) is 54.7 Å². The minimum Gasteiger partial charge on any atom is -0.454 e. The van der Waals surface area contributed by atoms with Crippen molar-refractivity contribution in [1.29, 1.82) is 0 Å². The average molecular weight is 386 g/mol. The van der Waals surface area contributed by atoms with Crippen molar-refractivity contribution < 1.29 is 22.7 Å². The highest BCUT2D eigenvalue weighted by molar-refractivity contribution is 7.92. The van der Waals surface area contributed by atoms with E-state index in [1.54, 1.807) is 6.20 Å². The summed E-state index contributed by atoms with van der Waals surface area (Å²) in [6.45, 7) is -0.402. The zero-order chi connectivity index (χ0) is 19.6. The number of hydrogen-bond donors (Lipinski definition) is 1. The third-order valence-electron chi connectivity index (χ3n) is 3.96. The van der Waals surface area contributed by atoms with Gasteiger partial charge in [-0.1, -0.05) is 18.2 Å². The van der Waals surface area contributed by atoms with Gasteiger partial charge in [-0.2, -0.15) is 0 Å². The summed E-state index contributed by atoms with van der Waals surface area (Å²) in [7, 11) is -1.55. The summed E-state index contributed by atoms with van der Waals surface area (Å²) in [6.07, 6.45) is 2.71. The van der Waals surface area contributed by atoms with Crippen molar-refractivity contribution in [2.45, 2.75) is 0 Å². The molecule has 140 valence electrons. The first-order chi connectivity index (χ1) is 12.7. The number of nitrogens with zero attached hydrogens (tertiary/aromatic N) is 1. The van der Waals surface area contributed by atoms with Crippen molar-refractivity contribution in [1.82, 2.24) is 4.57 Å². The van der Waals surface area contributed by atoms with Gasteiger partial charge in [0, 0.05) is 35.4 Å². The van der Waals surface area contributed by atoms with Gasteiger partial charge in [-0.3, -0.25) is 9.52 Å². The summed E-state index contributed by atoms with van der Waals surface area (Å²) in [5.74, 6) is -0.954. The Bertz CT molecular complexity index is 1110. The third-order valence-corrected chi connectivity index (χ3v) is 4.57. The lowest BCUT2D eigenvalue weighted by molar-refractivity contribution is 0.0476. The lowest BCUT2D eigenvalue weighted by Gasteiger charge is -2.06. The Morgan fingerprint density at radius 1 is 1.07 bits per heavy atom. The molecule has 0 bridgehead atoms. The number of sulfonamides is 1. The summed E-state index contributed by atoms with van der Waals surface area (Å²) in [6, 6.07) is 13.3. The van der Waals surface area contributed by atoms with E-state index in [2.05, 4.69) is 4.72 Å². The summed E-state index contributed by atoms with van der Waals surface area (Å²) in [5, 5.41) is 0.758. The van der Waals surface area contributed by atoms with Crippen molar-refractivity contribution >= 4 is 38.4 Å². The topological polar surface area (TPSA) is 94.5 Å². The number of para-hydroxylation sites is 1. The van der Waals surface area contributed by atoms with E-state index in [-0.39, 0.29) is 5.78 Å². The minimum absolute atomic E-state index is 0.319. The number of hydrogen-bond acceptors (Lipinski definition) is 5. The Balaban J connectivity index is 1.67. The maximum absolute atomic E-state index is 12.4. The molecule has 3 rings (SSSR count). The lowest BCUT2D eigenvalue weighted by Crippen LogP contribution is -2.14. The lowest BCUT2D eigenvalue weighted by atomic mass is 10.1. The smallest absolute Gasteiger partial charge is 0.340 e. The highest BCUT2D eigenvalue weighted by atomic mass is 32.2. The van der Waals surface area contributed by atoms with Crippen LogP contribution in [-0.2, 0) is 21.8 Å². The molecule has 0 radical (unpaired) electrons. The molecular formula is C19H18N2O5S. The predicted octanol–water partition coefficient (Wildman–Crippen LogP) is 2.59. The number of rotatable bonds is 6. The summed E-state index contributed by atoms with van der Waals surface area (Å²) in [4.78, 5) is 24.6. The number of benzene rings is 2. The van der Waals surface area contributed by atoms with E-state index in [0.717, 1.165) is 17.2 Å². The molecule has 8 heteroatoms. The van der Waals surface area contributed by atoms with Crippen LogP contribution in [0.1, 0.15) is 20.7 Å². The molecule has 7 nitrogen and oxygen atoms in total. The Hall–Kier alpha value is -3.13. The van der Waals surface area contributed by atoms with Crippen molar-refractivity contribution in [3.8, 4) is 0 Å². The Labute approximate surface area is 156 Å². The molecule has 2 aromatic carbocycles. The van der Waals surface area contributed by atoms with E-state index in [4.69, 9.17) is 4.74 Å². The van der Waals surface area contributed by atoms with Gasteiger partial charge < -0.3 is 9.30 Å². The van der Waals surface area contributed by atoms with Gasteiger partial charge in [-0.05, 0) is 30.3 Å². The first kappa shape index (κ1) is 18.7. The van der Waals surface area contributed by atoms with Crippen molar-refractivity contribution in [2.75, 3.05) is 17.6 Å². The zero-order valence-electron chi connectivity index (χ0n) is 14.8. The maximum Gasteiger partial charge on any atom is 0.340 e. The second-order valence-electron chi connectivity index (χ2n) is 6.12. The molecule has 0 amide bonds. The van der Waals surface area contributed by atoms with Gasteiger partial charge in [-0.25, -0.2) is 13.2 Å². The quantitative estimate of drug-likeness (QED) is 0.519. The first-order valence-corrected chi connectivity index (χ1v) is 9.96. The van der Waals surface area contributed by atoms with Crippen LogP contribution in [0.5, 0.6) is 0 Å². The van der Waals surface area contributed by atoms with Crippen LogP contribution in [0, 0.1) is 0 Å². The van der Waals surface area contributed by atoms with Crippen molar-refractivity contribution in [2.24, 2.45) is 7.05 Å². The molecule has 0 aliphatic heterocycles. The van der Waals surface area contributed by atoms with Crippen LogP contribution in [0.25, 0.3) is 10.9 Å². The van der Waals surface area contributed by atoms with Crippen LogP contribution in [0.4, 0.5) is 5.69 Å². The SMILES string of the molecule is Cn1cc(C(=O)OCC(=O)c2ccc(NS(C)(=O)=O)cc2)c2ccccc21. The number of carbonyl (C=O) groups is 2. The van der Waals surface area contributed by atoms with E-state index < -0.39 is 22.6 Å². The predicted molar refractivity (Wildman–Crippen MR) is 102 cm³/mol. The first-order valence-electron chi connectivity index (χ1n) is 8.07. The molecule has 0 saturated heterocycles. The van der Waals surface area contributed by atoms with Crippen molar-refractivity contribution in [3.63, 3.8) is 0 Å². The number of aromatic nitrogens is 1. The zero-order valence-corrected chi connectivity index (χ0v) is 15.6. The molecular weight excluding hydrogens is 368 g/mol. The van der Waals surface area contributed by atoms with Gasteiger partial charge in [0.1, 0.15) is 0 Å². The fourth-order valence-electron chi connectivity index (χ4n) is 2.73. The number of ketones is 1.